The first-order valence-corrected chi connectivity index (χ1v) is 17.7. The van der Waals surface area contributed by atoms with E-state index in [9.17, 15) is 27.2 Å². The molecule has 2 amide bonds. The smallest absolute Gasteiger partial charge is 0.496 e. The molecule has 2 N–H and O–H groups in total. The minimum Gasteiger partial charge on any atom is -0.496 e. The fourth-order valence-corrected chi connectivity index (χ4v) is 8.45. The van der Waals surface area contributed by atoms with Gasteiger partial charge in [-0.3, -0.25) is 15.5 Å². The number of amides is 2. The molecule has 2 aromatic carbocycles. The van der Waals surface area contributed by atoms with Gasteiger partial charge in [0.25, 0.3) is 5.91 Å². The van der Waals surface area contributed by atoms with Gasteiger partial charge >= 0.3 is 57.6 Å². The quantitative estimate of drug-likeness (QED) is 0.118. The minimum atomic E-state index is -4.89. The molecule has 1 saturated heterocycles. The average molecular weight is 730 g/mol. The fraction of sp³-hybridized carbons (Fsp3) is 0.556. The van der Waals surface area contributed by atoms with Crippen molar-refractivity contribution in [1.29, 1.82) is 0 Å². The number of thiazole rings is 1. The molecule has 3 aromatic rings. The molecule has 262 valence electrons. The summed E-state index contributed by atoms with van der Waals surface area (Å²) in [6.45, 7) is 7.31. The van der Waals surface area contributed by atoms with Gasteiger partial charge in [-0.05, 0) is 68.4 Å². The molecule has 3 fully saturated rings. The van der Waals surface area contributed by atoms with E-state index in [-0.39, 0.29) is 68.9 Å². The summed E-state index contributed by atoms with van der Waals surface area (Å²) in [4.78, 5) is 31.2. The Morgan fingerprint density at radius 2 is 1.88 bits per heavy atom. The topological polar surface area (TPSA) is 89.6 Å². The minimum absolute atomic E-state index is 0. The maximum Gasteiger partial charge on any atom is 1.00 e. The second-order valence-electron chi connectivity index (χ2n) is 12.9. The molecule has 6 rings (SSSR count). The summed E-state index contributed by atoms with van der Waals surface area (Å²) in [6.07, 6.45) is 5.71. The number of fused-ring (bicyclic) bond motifs is 3. The van der Waals surface area contributed by atoms with Crippen LogP contribution in [-0.4, -0.2) is 42.7 Å². The zero-order chi connectivity index (χ0) is 34.6. The number of nitrogens with one attached hydrogen (secondary N) is 2. The third-order valence-electron chi connectivity index (χ3n) is 9.85. The van der Waals surface area contributed by atoms with Gasteiger partial charge in [0.05, 0.1) is 33.8 Å². The first-order chi connectivity index (χ1) is 22.9. The second-order valence-corrected chi connectivity index (χ2v) is 14.1. The molecule has 2 aliphatic carbocycles. The van der Waals surface area contributed by atoms with E-state index in [0.29, 0.717) is 39.8 Å². The van der Waals surface area contributed by atoms with Crippen LogP contribution in [0.25, 0.3) is 10.2 Å². The van der Waals surface area contributed by atoms with Gasteiger partial charge in [-0.1, -0.05) is 45.6 Å². The van der Waals surface area contributed by atoms with Gasteiger partial charge in [-0.15, -0.1) is 11.3 Å². The SMILES string of the molecule is CCCCCC1OCC[C-]1CC.COc1ccc2nc(C)sc2c1C(=O)NC1C2CCC(C2)C1C(=O)Nc1ccc(F)c(C(F)(F)F)c1.[K+]. The maximum atomic E-state index is 13.7. The molecule has 1 aromatic heterocycles. The molecule has 2 heterocycles. The standard InChI is InChI=1S/C25H23F4N3O3S.C11H21O.K/c1-11-30-17-7-8-18(35-2)20(22(17)36-11)24(34)32-21-13-4-3-12(9-13)19(21)23(33)31-14-5-6-16(26)15(10-14)25(27,28)29;1-3-5-6-7-11-10(4-2)8-9-12-11;/h5-8,10,12-13,19,21H,3-4,9H2,1-2H3,(H,31,33)(H,32,34);11H,3-9H2,1-2H3;/q;-1;+1. The number of aromatic nitrogens is 1. The van der Waals surface area contributed by atoms with Crippen molar-refractivity contribution < 1.29 is 88.0 Å². The van der Waals surface area contributed by atoms with Crippen LogP contribution in [0.5, 0.6) is 5.75 Å². The second kappa shape index (κ2) is 17.7. The van der Waals surface area contributed by atoms with Crippen molar-refractivity contribution in [1.82, 2.24) is 10.3 Å². The molecule has 2 saturated carbocycles. The van der Waals surface area contributed by atoms with Crippen LogP contribution in [0.3, 0.4) is 0 Å². The van der Waals surface area contributed by atoms with Crippen LogP contribution in [0.1, 0.15) is 92.6 Å². The fourth-order valence-electron chi connectivity index (χ4n) is 7.50. The van der Waals surface area contributed by atoms with Crippen molar-refractivity contribution in [2.24, 2.45) is 17.8 Å². The normalized spacial score (nSPS) is 23.1. The number of nitrogens with zero attached hydrogens (tertiary/aromatic N) is 1. The summed E-state index contributed by atoms with van der Waals surface area (Å²) in [6, 6.07) is 5.33. The summed E-state index contributed by atoms with van der Waals surface area (Å²) < 4.78 is 64.8. The van der Waals surface area contributed by atoms with Crippen molar-refractivity contribution in [3.8, 4) is 5.75 Å². The Morgan fingerprint density at radius 3 is 2.57 bits per heavy atom. The zero-order valence-corrected chi connectivity index (χ0v) is 32.8. The third-order valence-corrected chi connectivity index (χ3v) is 10.9. The number of alkyl halides is 3. The molecule has 3 aliphatic rings. The van der Waals surface area contributed by atoms with Gasteiger partial charge < -0.3 is 20.1 Å². The van der Waals surface area contributed by atoms with Crippen LogP contribution in [0.4, 0.5) is 23.2 Å². The number of hydrogen-bond donors (Lipinski definition) is 2. The molecule has 13 heteroatoms. The molecule has 7 nitrogen and oxygen atoms in total. The van der Waals surface area contributed by atoms with Crippen LogP contribution >= 0.6 is 11.3 Å². The van der Waals surface area contributed by atoms with Crippen LogP contribution in [-0.2, 0) is 15.7 Å². The van der Waals surface area contributed by atoms with E-state index >= 15 is 0 Å². The number of hydrogen-bond acceptors (Lipinski definition) is 6. The van der Waals surface area contributed by atoms with E-state index in [1.54, 1.807) is 18.1 Å². The molecular formula is C36H44F4KN3O4S. The van der Waals surface area contributed by atoms with Gasteiger partial charge in [0, 0.05) is 18.3 Å². The molecule has 5 unspecified atom stereocenters. The van der Waals surface area contributed by atoms with Gasteiger partial charge in [-0.25, -0.2) is 9.37 Å². The number of carbonyl (C=O) groups excluding carboxylic acids is 2. The largest absolute Gasteiger partial charge is 1.00 e. The zero-order valence-electron chi connectivity index (χ0n) is 28.8. The number of ether oxygens (including phenoxy) is 2. The van der Waals surface area contributed by atoms with Crippen molar-refractivity contribution in [3.05, 3.63) is 58.2 Å². The van der Waals surface area contributed by atoms with E-state index in [2.05, 4.69) is 29.5 Å². The molecule has 1 aliphatic heterocycles. The van der Waals surface area contributed by atoms with E-state index < -0.39 is 41.3 Å². The van der Waals surface area contributed by atoms with Gasteiger partial charge in [0.15, 0.2) is 0 Å². The van der Waals surface area contributed by atoms with E-state index in [1.165, 1.54) is 57.0 Å². The van der Waals surface area contributed by atoms with E-state index in [1.807, 2.05) is 6.92 Å². The van der Waals surface area contributed by atoms with Crippen molar-refractivity contribution in [3.63, 3.8) is 0 Å². The van der Waals surface area contributed by atoms with Crippen molar-refractivity contribution in [2.45, 2.75) is 96.9 Å². The third kappa shape index (κ3) is 9.44. The maximum absolute atomic E-state index is 13.7. The Balaban J connectivity index is 0.000000354. The predicted octanol–water partition coefficient (Wildman–Crippen LogP) is 5.90. The number of rotatable bonds is 10. The summed E-state index contributed by atoms with van der Waals surface area (Å²) in [5, 5.41) is 6.33. The Kier molecular flexibility index (Phi) is 14.5. The monoisotopic (exact) mass is 729 g/mol. The van der Waals surface area contributed by atoms with E-state index in [4.69, 9.17) is 9.47 Å². The van der Waals surface area contributed by atoms with Crippen LogP contribution < -0.4 is 66.8 Å². The van der Waals surface area contributed by atoms with Gasteiger partial charge in [0.2, 0.25) is 5.91 Å². The summed E-state index contributed by atoms with van der Waals surface area (Å²) in [5.41, 5.74) is -0.579. The van der Waals surface area contributed by atoms with Crippen molar-refractivity contribution >= 4 is 39.1 Å². The summed E-state index contributed by atoms with van der Waals surface area (Å²) in [7, 11) is 1.47. The molecular weight excluding hydrogens is 686 g/mol. The molecule has 49 heavy (non-hydrogen) atoms. The molecule has 5 atom stereocenters. The molecule has 2 bridgehead atoms. The predicted molar refractivity (Wildman–Crippen MR) is 179 cm³/mol. The van der Waals surface area contributed by atoms with Crippen LogP contribution in [0.15, 0.2) is 30.3 Å². The summed E-state index contributed by atoms with van der Waals surface area (Å²) in [5.74, 6) is -0.825. The van der Waals surface area contributed by atoms with Gasteiger partial charge in [0.1, 0.15) is 17.1 Å². The van der Waals surface area contributed by atoms with Crippen molar-refractivity contribution in [2.75, 3.05) is 19.0 Å². The average Bonchev–Trinajstić information content (AvgIpc) is 3.85. The van der Waals surface area contributed by atoms with Crippen LogP contribution in [0, 0.1) is 36.4 Å². The summed E-state index contributed by atoms with van der Waals surface area (Å²) >= 11 is 1.37. The van der Waals surface area contributed by atoms with Gasteiger partial charge in [-0.2, -0.15) is 26.0 Å². The number of anilines is 1. The Labute approximate surface area is 332 Å². The Morgan fingerprint density at radius 1 is 1.12 bits per heavy atom. The number of halogens is 4. The Hall–Kier alpha value is -1.61. The first-order valence-electron chi connectivity index (χ1n) is 16.8. The first kappa shape index (κ1) is 40.2. The molecule has 0 spiro atoms. The number of unbranched alkanes of at least 4 members (excludes halogenated alkanes) is 2. The number of benzene rings is 2. The van der Waals surface area contributed by atoms with E-state index in [0.717, 1.165) is 36.9 Å². The number of methoxy groups -OCH3 is 1. The number of carbonyl (C=O) groups is 2. The Bertz CT molecular complexity index is 1600. The number of aryl methyl sites for hydroxylation is 1. The molecule has 0 radical (unpaired) electrons. The van der Waals surface area contributed by atoms with Crippen LogP contribution in [0.2, 0.25) is 0 Å².